The predicted molar refractivity (Wildman–Crippen MR) is 56.9 cm³/mol. The van der Waals surface area contributed by atoms with Crippen molar-refractivity contribution in [2.75, 3.05) is 0 Å². The molecule has 2 aromatic heterocycles. The van der Waals surface area contributed by atoms with Crippen LogP contribution < -0.4 is 0 Å². The van der Waals surface area contributed by atoms with E-state index in [2.05, 4.69) is 25.9 Å². The van der Waals surface area contributed by atoms with Gasteiger partial charge in [-0.1, -0.05) is 0 Å². The highest BCUT2D eigenvalue weighted by Gasteiger charge is 2.06. The van der Waals surface area contributed by atoms with Gasteiger partial charge in [0.05, 0.1) is 0 Å². The first-order valence-corrected chi connectivity index (χ1v) is 5.02. The molecule has 72 valence electrons. The molecule has 0 amide bonds. The second kappa shape index (κ2) is 3.53. The summed E-state index contributed by atoms with van der Waals surface area (Å²) < 4.78 is 6.05. The van der Waals surface area contributed by atoms with E-state index >= 15 is 0 Å². The summed E-state index contributed by atoms with van der Waals surface area (Å²) in [6.45, 7) is 3.83. The fraction of sp³-hybridized carbons (Fsp3) is 0.200. The van der Waals surface area contributed by atoms with Crippen molar-refractivity contribution in [2.24, 2.45) is 0 Å². The lowest BCUT2D eigenvalue weighted by Gasteiger charge is -1.98. The molecule has 0 bridgehead atoms. The smallest absolute Gasteiger partial charge is 0.197 e. The molecule has 3 nitrogen and oxygen atoms in total. The Morgan fingerprint density at radius 3 is 2.57 bits per heavy atom. The zero-order valence-electron chi connectivity index (χ0n) is 7.91. The van der Waals surface area contributed by atoms with Gasteiger partial charge in [-0.05, 0) is 48.0 Å². The molecule has 14 heavy (non-hydrogen) atoms. The van der Waals surface area contributed by atoms with Crippen LogP contribution in [0, 0.1) is 13.8 Å². The van der Waals surface area contributed by atoms with Crippen molar-refractivity contribution in [1.29, 1.82) is 0 Å². The van der Waals surface area contributed by atoms with E-state index in [0.29, 0.717) is 4.73 Å². The highest BCUT2D eigenvalue weighted by molar-refractivity contribution is 9.10. The van der Waals surface area contributed by atoms with Crippen LogP contribution >= 0.6 is 15.9 Å². The summed E-state index contributed by atoms with van der Waals surface area (Å²) in [5.74, 6) is 1.65. The molecule has 2 heterocycles. The molecule has 0 atom stereocenters. The van der Waals surface area contributed by atoms with Crippen molar-refractivity contribution in [1.82, 2.24) is 9.97 Å². The third kappa shape index (κ3) is 1.85. The van der Waals surface area contributed by atoms with E-state index < -0.39 is 0 Å². The molecule has 2 aromatic rings. The van der Waals surface area contributed by atoms with Gasteiger partial charge < -0.3 is 4.42 Å². The molecule has 0 aliphatic heterocycles. The lowest BCUT2D eigenvalue weighted by molar-refractivity contribution is 0.546. The third-order valence-corrected chi connectivity index (χ3v) is 2.17. The Labute approximate surface area is 90.3 Å². The Morgan fingerprint density at radius 2 is 2.00 bits per heavy atom. The van der Waals surface area contributed by atoms with Crippen LogP contribution in [0.5, 0.6) is 0 Å². The molecule has 4 heteroatoms. The molecule has 0 fully saturated rings. The monoisotopic (exact) mass is 252 g/mol. The number of halogens is 1. The lowest BCUT2D eigenvalue weighted by Crippen LogP contribution is -1.89. The fourth-order valence-electron chi connectivity index (χ4n) is 1.23. The van der Waals surface area contributed by atoms with Crippen LogP contribution in [0.2, 0.25) is 0 Å². The maximum atomic E-state index is 5.47. The van der Waals surface area contributed by atoms with Crippen molar-refractivity contribution in [3.8, 4) is 11.5 Å². The summed E-state index contributed by atoms with van der Waals surface area (Å²) in [5.41, 5.74) is 1.72. The molecule has 0 aliphatic carbocycles. The topological polar surface area (TPSA) is 38.9 Å². The van der Waals surface area contributed by atoms with Crippen molar-refractivity contribution < 1.29 is 4.42 Å². The second-order valence-corrected chi connectivity index (χ2v) is 3.78. The standard InChI is InChI=1S/C10H9BrN2O/c1-6-5-8(13-10(11)12-6)9-4-3-7(2)14-9/h3-5H,1-2H3. The fourth-order valence-corrected chi connectivity index (χ4v) is 1.70. The number of hydrogen-bond acceptors (Lipinski definition) is 3. The maximum absolute atomic E-state index is 5.47. The van der Waals surface area contributed by atoms with Gasteiger partial charge in [-0.3, -0.25) is 0 Å². The zero-order chi connectivity index (χ0) is 10.1. The van der Waals surface area contributed by atoms with Gasteiger partial charge in [-0.2, -0.15) is 0 Å². The number of aromatic nitrogens is 2. The van der Waals surface area contributed by atoms with Gasteiger partial charge in [0.2, 0.25) is 0 Å². The van der Waals surface area contributed by atoms with Gasteiger partial charge in [-0.15, -0.1) is 0 Å². The van der Waals surface area contributed by atoms with Crippen LogP contribution in [-0.2, 0) is 0 Å². The minimum atomic E-state index is 0.585. The number of rotatable bonds is 1. The largest absolute Gasteiger partial charge is 0.460 e. The SMILES string of the molecule is Cc1cc(-c2ccc(C)o2)nc(Br)n1. The van der Waals surface area contributed by atoms with Crippen LogP contribution in [0.1, 0.15) is 11.5 Å². The van der Waals surface area contributed by atoms with Crippen LogP contribution in [0.3, 0.4) is 0 Å². The highest BCUT2D eigenvalue weighted by atomic mass is 79.9. The van der Waals surface area contributed by atoms with Gasteiger partial charge in [0, 0.05) is 5.69 Å². The summed E-state index contributed by atoms with van der Waals surface area (Å²) in [4.78, 5) is 8.36. The van der Waals surface area contributed by atoms with E-state index in [1.54, 1.807) is 0 Å². The van der Waals surface area contributed by atoms with Gasteiger partial charge in [0.25, 0.3) is 0 Å². The normalized spacial score (nSPS) is 10.5. The van der Waals surface area contributed by atoms with Crippen LogP contribution in [0.4, 0.5) is 0 Å². The molecule has 0 spiro atoms. The van der Waals surface area contributed by atoms with Crippen molar-refractivity contribution >= 4 is 15.9 Å². The Balaban J connectivity index is 2.51. The van der Waals surface area contributed by atoms with E-state index in [4.69, 9.17) is 4.42 Å². The Morgan fingerprint density at radius 1 is 1.21 bits per heavy atom. The highest BCUT2D eigenvalue weighted by Crippen LogP contribution is 2.21. The van der Waals surface area contributed by atoms with Gasteiger partial charge in [-0.25, -0.2) is 9.97 Å². The molecule has 0 unspecified atom stereocenters. The Hall–Kier alpha value is -1.16. The summed E-state index contributed by atoms with van der Waals surface area (Å²) in [5, 5.41) is 0. The minimum absolute atomic E-state index is 0.585. The van der Waals surface area contributed by atoms with Crippen molar-refractivity contribution in [3.05, 3.63) is 34.4 Å². The average Bonchev–Trinajstić information content (AvgIpc) is 2.50. The van der Waals surface area contributed by atoms with Crippen LogP contribution in [0.15, 0.2) is 27.3 Å². The predicted octanol–water partition coefficient (Wildman–Crippen LogP) is 3.12. The molecule has 0 N–H and O–H groups in total. The molecular formula is C10H9BrN2O. The maximum Gasteiger partial charge on any atom is 0.197 e. The van der Waals surface area contributed by atoms with Crippen LogP contribution in [0.25, 0.3) is 11.5 Å². The molecule has 0 saturated heterocycles. The molecule has 0 saturated carbocycles. The second-order valence-electron chi connectivity index (χ2n) is 3.07. The molecule has 2 rings (SSSR count). The summed E-state index contributed by atoms with van der Waals surface area (Å²) in [7, 11) is 0. The number of nitrogens with zero attached hydrogens (tertiary/aromatic N) is 2. The first kappa shape index (κ1) is 9.40. The third-order valence-electron chi connectivity index (χ3n) is 1.82. The Kier molecular flexibility index (Phi) is 2.37. The van der Waals surface area contributed by atoms with E-state index in [1.165, 1.54) is 0 Å². The summed E-state index contributed by atoms with van der Waals surface area (Å²) >= 11 is 3.25. The number of furan rings is 1. The van der Waals surface area contributed by atoms with E-state index in [-0.39, 0.29) is 0 Å². The molecular weight excluding hydrogens is 244 g/mol. The molecule has 0 aromatic carbocycles. The van der Waals surface area contributed by atoms with E-state index in [9.17, 15) is 0 Å². The zero-order valence-corrected chi connectivity index (χ0v) is 9.50. The minimum Gasteiger partial charge on any atom is -0.460 e. The first-order chi connectivity index (χ1) is 6.65. The van der Waals surface area contributed by atoms with Gasteiger partial charge >= 0.3 is 0 Å². The quantitative estimate of drug-likeness (QED) is 0.733. The lowest BCUT2D eigenvalue weighted by atomic mass is 10.3. The van der Waals surface area contributed by atoms with Gasteiger partial charge in [0.15, 0.2) is 10.5 Å². The van der Waals surface area contributed by atoms with Crippen molar-refractivity contribution in [3.63, 3.8) is 0 Å². The van der Waals surface area contributed by atoms with Crippen LogP contribution in [-0.4, -0.2) is 9.97 Å². The number of aryl methyl sites for hydroxylation is 2. The summed E-state index contributed by atoms with van der Waals surface area (Å²) in [6.07, 6.45) is 0. The summed E-state index contributed by atoms with van der Waals surface area (Å²) in [6, 6.07) is 5.72. The molecule has 0 radical (unpaired) electrons. The Bertz CT molecular complexity index is 445. The van der Waals surface area contributed by atoms with Crippen molar-refractivity contribution in [2.45, 2.75) is 13.8 Å². The van der Waals surface area contributed by atoms with E-state index in [0.717, 1.165) is 22.9 Å². The van der Waals surface area contributed by atoms with E-state index in [1.807, 2.05) is 32.0 Å². The molecule has 0 aliphatic rings. The number of hydrogen-bond donors (Lipinski definition) is 0. The average molecular weight is 253 g/mol. The van der Waals surface area contributed by atoms with Gasteiger partial charge in [0.1, 0.15) is 11.5 Å². The first-order valence-electron chi connectivity index (χ1n) is 4.23.